The smallest absolute Gasteiger partial charge is 0.0351 e. The third kappa shape index (κ3) is 0.822. The van der Waals surface area contributed by atoms with Gasteiger partial charge in [0.05, 0.1) is 0 Å². The predicted molar refractivity (Wildman–Crippen MR) is 62.2 cm³/mol. The number of allylic oxidation sites excluding steroid dienone is 14. The highest BCUT2D eigenvalue weighted by Gasteiger charge is 2.31. The zero-order valence-electron chi connectivity index (χ0n) is 8.27. The van der Waals surface area contributed by atoms with Gasteiger partial charge in [0.15, 0.2) is 0 Å². The topological polar surface area (TPSA) is 0 Å². The normalized spacial score (nSPS) is 28.8. The highest BCUT2D eigenvalue weighted by molar-refractivity contribution is 5.70. The third-order valence-corrected chi connectivity index (χ3v) is 3.51. The zero-order chi connectivity index (χ0) is 9.83. The lowest BCUT2D eigenvalue weighted by Crippen LogP contribution is -2.17. The van der Waals surface area contributed by atoms with Crippen LogP contribution in [-0.4, -0.2) is 0 Å². The van der Waals surface area contributed by atoms with Gasteiger partial charge in [-0.1, -0.05) is 54.7 Å². The lowest BCUT2D eigenvalue weighted by molar-refractivity contribution is 0.863. The maximum Gasteiger partial charge on any atom is 0.0351 e. The van der Waals surface area contributed by atoms with E-state index in [4.69, 9.17) is 0 Å². The van der Waals surface area contributed by atoms with Crippen LogP contribution in [0.2, 0.25) is 0 Å². The van der Waals surface area contributed by atoms with Crippen molar-refractivity contribution in [3.8, 4) is 0 Å². The molecular formula is C15H10. The predicted octanol–water partition coefficient (Wildman–Crippen LogP) is 3.40. The molecule has 0 bridgehead atoms. The highest BCUT2D eigenvalue weighted by atomic mass is 14.3. The molecule has 0 saturated heterocycles. The minimum absolute atomic E-state index is 0.505. The van der Waals surface area contributed by atoms with Crippen LogP contribution in [0, 0.1) is 5.92 Å². The summed E-state index contributed by atoms with van der Waals surface area (Å²) in [6, 6.07) is 0. The van der Waals surface area contributed by atoms with Crippen molar-refractivity contribution in [2.24, 2.45) is 5.92 Å². The van der Waals surface area contributed by atoms with Gasteiger partial charge in [-0.15, -0.1) is 0 Å². The molecule has 4 aliphatic rings. The van der Waals surface area contributed by atoms with Crippen molar-refractivity contribution in [2.75, 3.05) is 0 Å². The van der Waals surface area contributed by atoms with Crippen molar-refractivity contribution < 1.29 is 0 Å². The Hall–Kier alpha value is -1.82. The van der Waals surface area contributed by atoms with Crippen molar-refractivity contribution in [3.05, 3.63) is 82.5 Å². The van der Waals surface area contributed by atoms with Gasteiger partial charge >= 0.3 is 0 Å². The molecule has 0 radical (unpaired) electrons. The minimum Gasteiger partial charge on any atom is -0.0617 e. The second-order valence-corrected chi connectivity index (χ2v) is 4.28. The van der Waals surface area contributed by atoms with E-state index in [0.29, 0.717) is 5.92 Å². The Morgan fingerprint density at radius 3 is 2.60 bits per heavy atom. The maximum atomic E-state index is 2.25. The van der Waals surface area contributed by atoms with Gasteiger partial charge in [-0.25, -0.2) is 0 Å². The summed E-state index contributed by atoms with van der Waals surface area (Å²) in [6.07, 6.45) is 20.0. The van der Waals surface area contributed by atoms with Crippen LogP contribution in [0.25, 0.3) is 0 Å². The molecule has 0 heteroatoms. The van der Waals surface area contributed by atoms with E-state index in [2.05, 4.69) is 54.7 Å². The second-order valence-electron chi connectivity index (χ2n) is 4.28. The maximum absolute atomic E-state index is 2.25. The van der Waals surface area contributed by atoms with Crippen molar-refractivity contribution in [1.29, 1.82) is 0 Å². The van der Waals surface area contributed by atoms with Crippen molar-refractivity contribution in [1.82, 2.24) is 0 Å². The Labute approximate surface area is 89.0 Å². The number of hydrogen-bond donors (Lipinski definition) is 0. The average Bonchev–Trinajstić information content (AvgIpc) is 2.71. The van der Waals surface area contributed by atoms with E-state index in [0.717, 1.165) is 0 Å². The van der Waals surface area contributed by atoms with Gasteiger partial charge in [-0.3, -0.25) is 0 Å². The van der Waals surface area contributed by atoms with Crippen LogP contribution in [0.4, 0.5) is 0 Å². The Kier molecular flexibility index (Phi) is 1.20. The van der Waals surface area contributed by atoms with Gasteiger partial charge < -0.3 is 0 Å². The first-order valence-electron chi connectivity index (χ1n) is 5.34. The van der Waals surface area contributed by atoms with Gasteiger partial charge in [0.2, 0.25) is 0 Å². The number of rotatable bonds is 0. The molecule has 1 atom stereocenters. The van der Waals surface area contributed by atoms with Crippen molar-refractivity contribution in [3.63, 3.8) is 0 Å². The molecule has 0 aromatic heterocycles. The summed E-state index contributed by atoms with van der Waals surface area (Å²) < 4.78 is 0. The molecule has 0 spiro atoms. The summed E-state index contributed by atoms with van der Waals surface area (Å²) in [5.41, 5.74) is 7.15. The second kappa shape index (κ2) is 2.40. The molecule has 0 fully saturated rings. The largest absolute Gasteiger partial charge is 0.0617 e. The van der Waals surface area contributed by atoms with Crippen molar-refractivity contribution in [2.45, 2.75) is 0 Å². The Morgan fingerprint density at radius 2 is 1.60 bits per heavy atom. The van der Waals surface area contributed by atoms with Gasteiger partial charge in [-0.2, -0.15) is 0 Å². The lowest BCUT2D eigenvalue weighted by Gasteiger charge is -2.30. The van der Waals surface area contributed by atoms with E-state index in [9.17, 15) is 0 Å². The molecule has 0 aromatic rings. The summed E-state index contributed by atoms with van der Waals surface area (Å²) >= 11 is 0. The molecule has 0 aliphatic heterocycles. The highest BCUT2D eigenvalue weighted by Crippen LogP contribution is 2.46. The quantitative estimate of drug-likeness (QED) is 0.549. The van der Waals surface area contributed by atoms with Gasteiger partial charge in [-0.05, 0) is 27.9 Å². The molecule has 70 valence electrons. The Balaban J connectivity index is 2.07. The molecule has 0 saturated carbocycles. The van der Waals surface area contributed by atoms with E-state index < -0.39 is 0 Å². The van der Waals surface area contributed by atoms with Crippen LogP contribution < -0.4 is 0 Å². The molecular weight excluding hydrogens is 180 g/mol. The molecule has 15 heavy (non-hydrogen) atoms. The standard InChI is InChI=1S/C15H10/c1-2-10-4-6-12-8-9-13-7-5-11(3-1)14(10)15(12)13/h1-9,14H. The molecule has 0 heterocycles. The monoisotopic (exact) mass is 190 g/mol. The van der Waals surface area contributed by atoms with Crippen LogP contribution in [0.5, 0.6) is 0 Å². The summed E-state index contributed by atoms with van der Waals surface area (Å²) in [4.78, 5) is 0. The summed E-state index contributed by atoms with van der Waals surface area (Å²) in [5.74, 6) is 0.505. The van der Waals surface area contributed by atoms with E-state index in [-0.39, 0.29) is 0 Å². The van der Waals surface area contributed by atoms with Crippen LogP contribution >= 0.6 is 0 Å². The van der Waals surface area contributed by atoms with E-state index >= 15 is 0 Å². The Bertz CT molecular complexity index is 569. The zero-order valence-corrected chi connectivity index (χ0v) is 8.27. The fourth-order valence-corrected chi connectivity index (χ4v) is 2.81. The molecule has 0 amide bonds. The fraction of sp³-hybridized carbons (Fsp3) is 0.0667. The SMILES string of the molecule is C1=CC2=CC=C3C=CC4=C3C2C(=C1)C=C4. The molecule has 1 unspecified atom stereocenters. The molecule has 0 aromatic carbocycles. The Morgan fingerprint density at radius 1 is 0.733 bits per heavy atom. The minimum atomic E-state index is 0.505. The van der Waals surface area contributed by atoms with E-state index in [1.807, 2.05) is 0 Å². The van der Waals surface area contributed by atoms with Crippen LogP contribution in [-0.2, 0) is 0 Å². The van der Waals surface area contributed by atoms with Crippen LogP contribution in [0.1, 0.15) is 0 Å². The fourth-order valence-electron chi connectivity index (χ4n) is 2.81. The van der Waals surface area contributed by atoms with Gasteiger partial charge in [0.25, 0.3) is 0 Å². The van der Waals surface area contributed by atoms with Crippen LogP contribution in [0.3, 0.4) is 0 Å². The molecule has 4 rings (SSSR count). The van der Waals surface area contributed by atoms with Gasteiger partial charge in [0.1, 0.15) is 0 Å². The average molecular weight is 190 g/mol. The third-order valence-electron chi connectivity index (χ3n) is 3.51. The summed E-state index contributed by atoms with van der Waals surface area (Å²) in [5, 5.41) is 0. The van der Waals surface area contributed by atoms with E-state index in [1.165, 1.54) is 27.9 Å². The van der Waals surface area contributed by atoms with E-state index in [1.54, 1.807) is 0 Å². The van der Waals surface area contributed by atoms with Gasteiger partial charge in [0, 0.05) is 5.92 Å². The molecule has 0 nitrogen and oxygen atoms in total. The number of hydrogen-bond acceptors (Lipinski definition) is 0. The van der Waals surface area contributed by atoms with Crippen LogP contribution in [0.15, 0.2) is 82.5 Å². The van der Waals surface area contributed by atoms with Crippen molar-refractivity contribution >= 4 is 0 Å². The first-order valence-corrected chi connectivity index (χ1v) is 5.34. The molecule has 0 N–H and O–H groups in total. The summed E-state index contributed by atoms with van der Waals surface area (Å²) in [7, 11) is 0. The molecule has 4 aliphatic carbocycles. The lowest BCUT2D eigenvalue weighted by atomic mass is 9.73. The summed E-state index contributed by atoms with van der Waals surface area (Å²) in [6.45, 7) is 0. The first-order chi connectivity index (χ1) is 7.43. The first kappa shape index (κ1) is 7.47.